The Morgan fingerprint density at radius 1 is 1.14 bits per heavy atom. The molecule has 2 aromatic heterocycles. The van der Waals surface area contributed by atoms with Crippen LogP contribution in [0, 0.1) is 5.41 Å². The molecule has 4 nitrogen and oxygen atoms in total. The summed E-state index contributed by atoms with van der Waals surface area (Å²) in [7, 11) is 0. The summed E-state index contributed by atoms with van der Waals surface area (Å²) in [5.74, 6) is 0. The van der Waals surface area contributed by atoms with Crippen molar-refractivity contribution >= 4 is 33.7 Å². The highest BCUT2D eigenvalue weighted by molar-refractivity contribution is 7.18. The van der Waals surface area contributed by atoms with Gasteiger partial charge in [0.1, 0.15) is 4.83 Å². The van der Waals surface area contributed by atoms with E-state index < -0.39 is 24.3 Å². The molecule has 0 bridgehead atoms. The van der Waals surface area contributed by atoms with Gasteiger partial charge in [0.25, 0.3) is 0 Å². The number of pyridine rings is 1. The van der Waals surface area contributed by atoms with Gasteiger partial charge in [0.15, 0.2) is 0 Å². The van der Waals surface area contributed by atoms with Crippen LogP contribution >= 0.6 is 11.3 Å². The summed E-state index contributed by atoms with van der Waals surface area (Å²) >= 11 is 0.769. The van der Waals surface area contributed by atoms with E-state index in [2.05, 4.69) is 4.98 Å². The molecule has 0 saturated carbocycles. The summed E-state index contributed by atoms with van der Waals surface area (Å²) in [5, 5.41) is 0.115. The van der Waals surface area contributed by atoms with E-state index in [9.17, 15) is 31.1 Å². The molecule has 0 aromatic carbocycles. The molecule has 2 saturated heterocycles. The first kappa shape index (κ1) is 20.2. The standard InChI is InChI=1S/C18H17F6N3OS/c19-17(20,21)6-11-5-12-14(13(18(22,23)24)7-25-15(12)29-11)27-8-16(9-27)1-3-26(10-28)4-2-16/h5,7,10H,1-4,6,8-9H2. The lowest BCUT2D eigenvalue weighted by Crippen LogP contribution is -2.60. The Bertz CT molecular complexity index is 922. The molecule has 158 valence electrons. The van der Waals surface area contributed by atoms with Gasteiger partial charge >= 0.3 is 12.4 Å². The summed E-state index contributed by atoms with van der Waals surface area (Å²) in [6.07, 6.45) is -7.42. The fraction of sp³-hybridized carbons (Fsp3) is 0.556. The summed E-state index contributed by atoms with van der Waals surface area (Å²) in [4.78, 5) is 18.0. The number of likely N-dealkylation sites (tertiary alicyclic amines) is 1. The fourth-order valence-electron chi connectivity index (χ4n) is 4.20. The highest BCUT2D eigenvalue weighted by Gasteiger charge is 2.48. The molecule has 29 heavy (non-hydrogen) atoms. The third-order valence-electron chi connectivity index (χ3n) is 5.64. The SMILES string of the molecule is O=CN1CCC2(CC1)CN(c1c(C(F)(F)F)cnc3sc(CC(F)(F)F)cc13)C2. The lowest BCUT2D eigenvalue weighted by atomic mass is 9.71. The molecule has 1 spiro atoms. The number of hydrogen-bond donors (Lipinski definition) is 0. The molecule has 11 heteroatoms. The van der Waals surface area contributed by atoms with Crippen molar-refractivity contribution in [2.75, 3.05) is 31.1 Å². The average molecular weight is 437 g/mol. The smallest absolute Gasteiger partial charge is 0.369 e. The van der Waals surface area contributed by atoms with Crippen molar-refractivity contribution in [3.05, 3.63) is 22.7 Å². The van der Waals surface area contributed by atoms with Crippen LogP contribution in [-0.4, -0.2) is 48.6 Å². The van der Waals surface area contributed by atoms with Gasteiger partial charge in [0, 0.05) is 48.1 Å². The van der Waals surface area contributed by atoms with Crippen LogP contribution in [0.3, 0.4) is 0 Å². The number of aromatic nitrogens is 1. The van der Waals surface area contributed by atoms with Crippen molar-refractivity contribution in [2.24, 2.45) is 5.41 Å². The Morgan fingerprint density at radius 2 is 1.79 bits per heavy atom. The van der Waals surface area contributed by atoms with Crippen LogP contribution in [0.15, 0.2) is 12.3 Å². The predicted molar refractivity (Wildman–Crippen MR) is 95.9 cm³/mol. The van der Waals surface area contributed by atoms with Crippen LogP contribution in [0.4, 0.5) is 32.0 Å². The zero-order chi connectivity index (χ0) is 21.0. The molecule has 2 aromatic rings. The summed E-state index contributed by atoms with van der Waals surface area (Å²) in [5.41, 5.74) is -1.18. The van der Waals surface area contributed by atoms with Crippen LogP contribution in [-0.2, 0) is 17.4 Å². The van der Waals surface area contributed by atoms with E-state index in [1.165, 1.54) is 6.07 Å². The Balaban J connectivity index is 1.68. The summed E-state index contributed by atoms with van der Waals surface area (Å²) < 4.78 is 79.1. The predicted octanol–water partition coefficient (Wildman–Crippen LogP) is 4.48. The number of rotatable bonds is 3. The van der Waals surface area contributed by atoms with Gasteiger partial charge < -0.3 is 9.80 Å². The first-order valence-electron chi connectivity index (χ1n) is 8.99. The number of hydrogen-bond acceptors (Lipinski definition) is 4. The highest BCUT2D eigenvalue weighted by Crippen LogP contribution is 2.49. The minimum atomic E-state index is -4.66. The number of thiophene rings is 1. The Hall–Kier alpha value is -2.04. The van der Waals surface area contributed by atoms with Crippen molar-refractivity contribution < 1.29 is 31.1 Å². The molecule has 1 amide bonds. The lowest BCUT2D eigenvalue weighted by Gasteiger charge is -2.55. The van der Waals surface area contributed by atoms with Crippen molar-refractivity contribution in [3.8, 4) is 0 Å². The Labute approximate surface area is 166 Å². The van der Waals surface area contributed by atoms with E-state index in [4.69, 9.17) is 0 Å². The average Bonchev–Trinajstić information content (AvgIpc) is 2.98. The number of nitrogens with zero attached hydrogens (tertiary/aromatic N) is 3. The van der Waals surface area contributed by atoms with Gasteiger partial charge in [-0.15, -0.1) is 11.3 Å². The molecule has 4 rings (SSSR count). The number of piperidine rings is 1. The number of anilines is 1. The van der Waals surface area contributed by atoms with Crippen molar-refractivity contribution in [3.63, 3.8) is 0 Å². The van der Waals surface area contributed by atoms with Crippen molar-refractivity contribution in [1.29, 1.82) is 0 Å². The first-order valence-corrected chi connectivity index (χ1v) is 9.81. The molecule has 4 heterocycles. The Morgan fingerprint density at radius 3 is 2.34 bits per heavy atom. The lowest BCUT2D eigenvalue weighted by molar-refractivity contribution is -0.137. The summed E-state index contributed by atoms with van der Waals surface area (Å²) in [6.45, 7) is 1.88. The van der Waals surface area contributed by atoms with E-state index in [-0.39, 0.29) is 26.2 Å². The van der Waals surface area contributed by atoms with Crippen molar-refractivity contribution in [2.45, 2.75) is 31.6 Å². The molecule has 0 radical (unpaired) electrons. The minimum absolute atomic E-state index is 0.0601. The number of carbonyl (C=O) groups excluding carboxylic acids is 1. The zero-order valence-electron chi connectivity index (χ0n) is 15.1. The van der Waals surface area contributed by atoms with Gasteiger partial charge in [0.05, 0.1) is 17.7 Å². The van der Waals surface area contributed by atoms with Crippen LogP contribution in [0.5, 0.6) is 0 Å². The number of alkyl halides is 6. The zero-order valence-corrected chi connectivity index (χ0v) is 15.9. The second-order valence-corrected chi connectivity index (χ2v) is 8.85. The van der Waals surface area contributed by atoms with Gasteiger partial charge in [0.2, 0.25) is 6.41 Å². The third kappa shape index (κ3) is 3.88. The second kappa shape index (κ2) is 6.75. The van der Waals surface area contributed by atoms with E-state index in [0.29, 0.717) is 45.2 Å². The fourth-order valence-corrected chi connectivity index (χ4v) is 5.23. The van der Waals surface area contributed by atoms with Gasteiger partial charge in [-0.2, -0.15) is 26.3 Å². The van der Waals surface area contributed by atoms with Crippen molar-refractivity contribution in [1.82, 2.24) is 9.88 Å². The highest BCUT2D eigenvalue weighted by atomic mass is 32.1. The van der Waals surface area contributed by atoms with E-state index in [1.807, 2.05) is 0 Å². The molecule has 0 aliphatic carbocycles. The maximum absolute atomic E-state index is 13.6. The van der Waals surface area contributed by atoms with Crippen LogP contribution < -0.4 is 4.90 Å². The first-order chi connectivity index (χ1) is 13.5. The Kier molecular flexibility index (Phi) is 4.71. The number of fused-ring (bicyclic) bond motifs is 1. The molecule has 2 fully saturated rings. The van der Waals surface area contributed by atoms with Crippen LogP contribution in [0.2, 0.25) is 0 Å². The van der Waals surface area contributed by atoms with Gasteiger partial charge in [-0.3, -0.25) is 4.79 Å². The number of amides is 1. The normalized spacial score (nSPS) is 19.7. The third-order valence-corrected chi connectivity index (χ3v) is 6.68. The monoisotopic (exact) mass is 437 g/mol. The minimum Gasteiger partial charge on any atom is -0.369 e. The number of halogens is 6. The van der Waals surface area contributed by atoms with Gasteiger partial charge in [-0.05, 0) is 18.9 Å². The largest absolute Gasteiger partial charge is 0.419 e. The molecule has 0 unspecified atom stereocenters. The van der Waals surface area contributed by atoms with E-state index in [0.717, 1.165) is 17.7 Å². The topological polar surface area (TPSA) is 36.4 Å². The number of carbonyl (C=O) groups is 1. The molecule has 2 aliphatic heterocycles. The van der Waals surface area contributed by atoms with E-state index >= 15 is 0 Å². The molecule has 2 aliphatic rings. The van der Waals surface area contributed by atoms with Gasteiger partial charge in [-0.1, -0.05) is 0 Å². The van der Waals surface area contributed by atoms with Gasteiger partial charge in [-0.25, -0.2) is 4.98 Å². The maximum Gasteiger partial charge on any atom is 0.419 e. The quantitative estimate of drug-likeness (QED) is 0.525. The maximum atomic E-state index is 13.6. The molecular formula is C18H17F6N3OS. The molecule has 0 N–H and O–H groups in total. The second-order valence-electron chi connectivity index (χ2n) is 7.74. The molecular weight excluding hydrogens is 420 g/mol. The van der Waals surface area contributed by atoms with Crippen LogP contribution in [0.25, 0.3) is 10.2 Å². The summed E-state index contributed by atoms with van der Waals surface area (Å²) in [6, 6.07) is 1.19. The molecule has 0 atom stereocenters. The van der Waals surface area contributed by atoms with E-state index in [1.54, 1.807) is 9.80 Å². The van der Waals surface area contributed by atoms with Crippen LogP contribution in [0.1, 0.15) is 23.3 Å².